The van der Waals surface area contributed by atoms with Crippen LogP contribution in [0, 0.1) is 5.41 Å². The van der Waals surface area contributed by atoms with Crippen LogP contribution >= 0.6 is 0 Å². The number of hydrogen-bond acceptors (Lipinski definition) is 2. The molecule has 0 aromatic heterocycles. The predicted molar refractivity (Wildman–Crippen MR) is 65.0 cm³/mol. The van der Waals surface area contributed by atoms with E-state index in [9.17, 15) is 0 Å². The average Bonchev–Trinajstić information content (AvgIpc) is 2.21. The van der Waals surface area contributed by atoms with Crippen molar-refractivity contribution in [3.8, 4) is 0 Å². The molecule has 0 aromatic carbocycles. The second kappa shape index (κ2) is 5.35. The quantitative estimate of drug-likeness (QED) is 0.533. The van der Waals surface area contributed by atoms with Crippen molar-refractivity contribution in [3.05, 3.63) is 0 Å². The lowest BCUT2D eigenvalue weighted by atomic mass is 9.80. The number of guanidine groups is 1. The molecule has 0 saturated carbocycles. The van der Waals surface area contributed by atoms with Crippen LogP contribution in [0.1, 0.15) is 26.7 Å². The first-order valence-electron chi connectivity index (χ1n) is 5.78. The molecule has 0 atom stereocenters. The molecule has 0 amide bonds. The van der Waals surface area contributed by atoms with E-state index in [4.69, 9.17) is 5.73 Å². The fourth-order valence-corrected chi connectivity index (χ4v) is 1.83. The normalized spacial score (nSPS) is 22.7. The van der Waals surface area contributed by atoms with Gasteiger partial charge in [-0.1, -0.05) is 6.92 Å². The summed E-state index contributed by atoms with van der Waals surface area (Å²) >= 11 is 0. The summed E-state index contributed by atoms with van der Waals surface area (Å²) in [6.45, 7) is 8.37. The van der Waals surface area contributed by atoms with Crippen molar-refractivity contribution in [2.24, 2.45) is 16.1 Å². The van der Waals surface area contributed by atoms with Gasteiger partial charge in [-0.25, -0.2) is 0 Å². The standard InChI is InChI=1S/C11H24N4/c1-4-13-10(12)14-9-11(2)5-7-15(3)8-6-11/h4-9H2,1-3H3,(H3,12,13,14). The third kappa shape index (κ3) is 4.08. The van der Waals surface area contributed by atoms with Gasteiger partial charge in [-0.3, -0.25) is 4.99 Å². The number of hydrogen-bond donors (Lipinski definition) is 2. The van der Waals surface area contributed by atoms with Gasteiger partial charge in [-0.2, -0.15) is 0 Å². The second-order valence-electron chi connectivity index (χ2n) is 4.85. The van der Waals surface area contributed by atoms with E-state index in [0.717, 1.165) is 13.1 Å². The zero-order valence-electron chi connectivity index (χ0n) is 10.2. The molecule has 0 aromatic rings. The number of likely N-dealkylation sites (tertiary alicyclic amines) is 1. The summed E-state index contributed by atoms with van der Waals surface area (Å²) < 4.78 is 0. The maximum Gasteiger partial charge on any atom is 0.188 e. The Balaban J connectivity index is 2.39. The van der Waals surface area contributed by atoms with E-state index >= 15 is 0 Å². The Kier molecular flexibility index (Phi) is 4.39. The highest BCUT2D eigenvalue weighted by Gasteiger charge is 2.28. The lowest BCUT2D eigenvalue weighted by molar-refractivity contribution is 0.147. The zero-order chi connectivity index (χ0) is 11.3. The maximum atomic E-state index is 5.72. The number of nitrogens with one attached hydrogen (secondary N) is 1. The minimum atomic E-state index is 0.340. The van der Waals surface area contributed by atoms with Gasteiger partial charge in [0.25, 0.3) is 0 Å². The molecule has 0 spiro atoms. The summed E-state index contributed by atoms with van der Waals surface area (Å²) in [6.07, 6.45) is 2.43. The minimum Gasteiger partial charge on any atom is -0.370 e. The van der Waals surface area contributed by atoms with Gasteiger partial charge in [0.2, 0.25) is 0 Å². The molecule has 1 saturated heterocycles. The fourth-order valence-electron chi connectivity index (χ4n) is 1.83. The topological polar surface area (TPSA) is 53.6 Å². The first-order valence-corrected chi connectivity index (χ1v) is 5.78. The Hall–Kier alpha value is -0.770. The Labute approximate surface area is 92.9 Å². The van der Waals surface area contributed by atoms with Crippen LogP contribution in [-0.2, 0) is 0 Å². The Morgan fingerprint density at radius 1 is 1.47 bits per heavy atom. The molecule has 4 nitrogen and oxygen atoms in total. The van der Waals surface area contributed by atoms with E-state index in [-0.39, 0.29) is 0 Å². The van der Waals surface area contributed by atoms with Gasteiger partial charge in [0.1, 0.15) is 0 Å². The number of aliphatic imine (C=N–C) groups is 1. The third-order valence-corrected chi connectivity index (χ3v) is 3.18. The first-order chi connectivity index (χ1) is 7.06. The number of nitrogens with zero attached hydrogens (tertiary/aromatic N) is 2. The van der Waals surface area contributed by atoms with E-state index in [1.165, 1.54) is 25.9 Å². The highest BCUT2D eigenvalue weighted by molar-refractivity contribution is 5.77. The smallest absolute Gasteiger partial charge is 0.188 e. The van der Waals surface area contributed by atoms with Crippen LogP contribution in [0.25, 0.3) is 0 Å². The fraction of sp³-hybridized carbons (Fsp3) is 0.909. The minimum absolute atomic E-state index is 0.340. The van der Waals surface area contributed by atoms with Crippen molar-refractivity contribution < 1.29 is 0 Å². The molecule has 0 unspecified atom stereocenters. The summed E-state index contributed by atoms with van der Waals surface area (Å²) in [5.74, 6) is 0.581. The van der Waals surface area contributed by atoms with Crippen molar-refractivity contribution in [3.63, 3.8) is 0 Å². The molecule has 1 aliphatic rings. The molecule has 0 aliphatic carbocycles. The Morgan fingerprint density at radius 2 is 2.07 bits per heavy atom. The van der Waals surface area contributed by atoms with Gasteiger partial charge in [0, 0.05) is 13.1 Å². The van der Waals surface area contributed by atoms with Crippen LogP contribution in [0.5, 0.6) is 0 Å². The molecular weight excluding hydrogens is 188 g/mol. The highest BCUT2D eigenvalue weighted by Crippen LogP contribution is 2.30. The molecule has 88 valence electrons. The number of piperidine rings is 1. The van der Waals surface area contributed by atoms with Gasteiger partial charge in [0.15, 0.2) is 5.96 Å². The van der Waals surface area contributed by atoms with Crippen LogP contribution in [0.2, 0.25) is 0 Å². The second-order valence-corrected chi connectivity index (χ2v) is 4.85. The molecular formula is C11H24N4. The summed E-state index contributed by atoms with van der Waals surface area (Å²) in [4.78, 5) is 6.77. The van der Waals surface area contributed by atoms with Crippen molar-refractivity contribution >= 4 is 5.96 Å². The summed E-state index contributed by atoms with van der Waals surface area (Å²) in [6, 6.07) is 0. The largest absolute Gasteiger partial charge is 0.370 e. The van der Waals surface area contributed by atoms with E-state index in [1.807, 2.05) is 6.92 Å². The Bertz CT molecular complexity index is 217. The highest BCUT2D eigenvalue weighted by atomic mass is 15.1. The number of rotatable bonds is 3. The summed E-state index contributed by atoms with van der Waals surface area (Å²) in [5, 5.41) is 3.03. The number of nitrogens with two attached hydrogens (primary N) is 1. The average molecular weight is 212 g/mol. The molecule has 1 aliphatic heterocycles. The van der Waals surface area contributed by atoms with Crippen molar-refractivity contribution in [2.45, 2.75) is 26.7 Å². The van der Waals surface area contributed by atoms with Crippen LogP contribution < -0.4 is 11.1 Å². The van der Waals surface area contributed by atoms with Crippen LogP contribution in [0.4, 0.5) is 0 Å². The van der Waals surface area contributed by atoms with Crippen molar-refractivity contribution in [1.82, 2.24) is 10.2 Å². The zero-order valence-corrected chi connectivity index (χ0v) is 10.2. The van der Waals surface area contributed by atoms with Gasteiger partial charge in [-0.15, -0.1) is 0 Å². The Morgan fingerprint density at radius 3 is 2.60 bits per heavy atom. The SMILES string of the molecule is CCNC(N)=NCC1(C)CCN(C)CC1. The summed E-state index contributed by atoms with van der Waals surface area (Å²) in [5.41, 5.74) is 6.06. The molecule has 0 bridgehead atoms. The van der Waals surface area contributed by atoms with Crippen LogP contribution in [-0.4, -0.2) is 44.1 Å². The van der Waals surface area contributed by atoms with Gasteiger partial charge < -0.3 is 16.0 Å². The van der Waals surface area contributed by atoms with E-state index in [2.05, 4.69) is 29.2 Å². The summed E-state index contributed by atoms with van der Waals surface area (Å²) in [7, 11) is 2.18. The van der Waals surface area contributed by atoms with Gasteiger partial charge >= 0.3 is 0 Å². The molecule has 1 heterocycles. The molecule has 3 N–H and O–H groups in total. The molecule has 15 heavy (non-hydrogen) atoms. The van der Waals surface area contributed by atoms with Crippen molar-refractivity contribution in [2.75, 3.05) is 33.2 Å². The van der Waals surface area contributed by atoms with E-state index < -0.39 is 0 Å². The van der Waals surface area contributed by atoms with Gasteiger partial charge in [-0.05, 0) is 45.3 Å². The lowest BCUT2D eigenvalue weighted by Gasteiger charge is -2.36. The maximum absolute atomic E-state index is 5.72. The van der Waals surface area contributed by atoms with Crippen LogP contribution in [0.15, 0.2) is 4.99 Å². The predicted octanol–water partition coefficient (Wildman–Crippen LogP) is 0.643. The lowest BCUT2D eigenvalue weighted by Crippen LogP contribution is -2.39. The van der Waals surface area contributed by atoms with E-state index in [0.29, 0.717) is 11.4 Å². The monoisotopic (exact) mass is 212 g/mol. The molecule has 1 rings (SSSR count). The van der Waals surface area contributed by atoms with Crippen LogP contribution in [0.3, 0.4) is 0 Å². The van der Waals surface area contributed by atoms with Gasteiger partial charge in [0.05, 0.1) is 0 Å². The third-order valence-electron chi connectivity index (χ3n) is 3.18. The van der Waals surface area contributed by atoms with E-state index in [1.54, 1.807) is 0 Å². The molecule has 4 heteroatoms. The first kappa shape index (κ1) is 12.3. The molecule has 0 radical (unpaired) electrons. The molecule has 1 fully saturated rings. The van der Waals surface area contributed by atoms with Crippen molar-refractivity contribution in [1.29, 1.82) is 0 Å².